The van der Waals surface area contributed by atoms with E-state index >= 15 is 0 Å². The Labute approximate surface area is 247 Å². The summed E-state index contributed by atoms with van der Waals surface area (Å²) in [6, 6.07) is 14.1. The van der Waals surface area contributed by atoms with E-state index in [0.717, 1.165) is 35.3 Å². The molecule has 6 rings (SSSR count). The number of aromatic nitrogens is 2. The first-order valence-electron chi connectivity index (χ1n) is 13.6. The van der Waals surface area contributed by atoms with Crippen LogP contribution in [0.5, 0.6) is 5.75 Å². The number of aliphatic hydroxyl groups is 1. The second-order valence-corrected chi connectivity index (χ2v) is 11.6. The Balaban J connectivity index is 1.17. The summed E-state index contributed by atoms with van der Waals surface area (Å²) in [5, 5.41) is 26.2. The third kappa shape index (κ3) is 5.52. The lowest BCUT2D eigenvalue weighted by molar-refractivity contribution is 0.0110. The van der Waals surface area contributed by atoms with Crippen molar-refractivity contribution in [1.29, 1.82) is 0 Å². The van der Waals surface area contributed by atoms with Crippen molar-refractivity contribution in [3.63, 3.8) is 0 Å². The minimum atomic E-state index is -1.01. The maximum absolute atomic E-state index is 11.6. The van der Waals surface area contributed by atoms with Gasteiger partial charge in [0.05, 0.1) is 26.8 Å². The number of nitrogens with zero attached hydrogens (tertiary/aromatic N) is 3. The Bertz CT molecular complexity index is 1590. The summed E-state index contributed by atoms with van der Waals surface area (Å²) in [6.45, 7) is 3.31. The van der Waals surface area contributed by atoms with Crippen molar-refractivity contribution in [2.75, 3.05) is 18.0 Å². The van der Waals surface area contributed by atoms with Crippen molar-refractivity contribution >= 4 is 35.0 Å². The Hall–Kier alpha value is -3.59. The largest absolute Gasteiger partial charge is 0.489 e. The zero-order valence-electron chi connectivity index (χ0n) is 22.4. The Morgan fingerprint density at radius 2 is 1.85 bits per heavy atom. The fourth-order valence-electron chi connectivity index (χ4n) is 5.55. The summed E-state index contributed by atoms with van der Waals surface area (Å²) in [7, 11) is 0. The average molecular weight is 594 g/mol. The van der Waals surface area contributed by atoms with Gasteiger partial charge in [-0.25, -0.2) is 9.78 Å². The van der Waals surface area contributed by atoms with Crippen LogP contribution in [0.15, 0.2) is 59.3 Å². The normalized spacial score (nSPS) is 16.5. The maximum atomic E-state index is 11.6. The van der Waals surface area contributed by atoms with E-state index in [9.17, 15) is 15.0 Å². The predicted octanol–water partition coefficient (Wildman–Crippen LogP) is 6.99. The summed E-state index contributed by atoms with van der Waals surface area (Å²) in [6.07, 6.45) is 4.56. The summed E-state index contributed by atoms with van der Waals surface area (Å²) in [5.41, 5.74) is 3.03. The smallest absolute Gasteiger partial charge is 0.335 e. The van der Waals surface area contributed by atoms with Crippen molar-refractivity contribution in [3.8, 4) is 17.0 Å². The number of benzene rings is 2. The van der Waals surface area contributed by atoms with E-state index in [4.69, 9.17) is 32.5 Å². The van der Waals surface area contributed by atoms with E-state index in [-0.39, 0.29) is 12.2 Å². The van der Waals surface area contributed by atoms with E-state index < -0.39 is 11.6 Å². The number of hydrogen-bond donors (Lipinski definition) is 2. The standard InChI is InChI=1S/C31H29Cl2N3O5/c1-18-15-21(40-17-22-28(35-41-29(22)19-5-6-19)27-24(32)3-2-4-25(27)33)7-8-23(18)31(39)10-13-36(14-11-31)26-16-20(30(37)38)9-12-34-26/h2-4,7-9,12,15-16,19,39H,5-6,10-11,13-14,17H2,1H3,(H,37,38). The van der Waals surface area contributed by atoms with Crippen LogP contribution in [0.25, 0.3) is 11.3 Å². The van der Waals surface area contributed by atoms with Crippen molar-refractivity contribution in [3.05, 3.63) is 92.8 Å². The minimum absolute atomic E-state index is 0.194. The first-order valence-corrected chi connectivity index (χ1v) is 14.3. The first-order chi connectivity index (χ1) is 19.7. The van der Waals surface area contributed by atoms with E-state index in [1.54, 1.807) is 24.3 Å². The van der Waals surface area contributed by atoms with Crippen LogP contribution in [0, 0.1) is 6.92 Å². The van der Waals surface area contributed by atoms with Crippen LogP contribution < -0.4 is 9.64 Å². The Kier molecular flexibility index (Phi) is 7.40. The first kappa shape index (κ1) is 27.6. The van der Waals surface area contributed by atoms with Crippen LogP contribution in [-0.4, -0.2) is 39.4 Å². The highest BCUT2D eigenvalue weighted by molar-refractivity contribution is 6.39. The number of ether oxygens (including phenoxy) is 1. The van der Waals surface area contributed by atoms with Crippen LogP contribution in [-0.2, 0) is 12.2 Å². The molecule has 1 saturated heterocycles. The number of halogens is 2. The minimum Gasteiger partial charge on any atom is -0.489 e. The third-order valence-electron chi connectivity index (χ3n) is 7.96. The van der Waals surface area contributed by atoms with Gasteiger partial charge in [-0.2, -0.15) is 0 Å². The topological polar surface area (TPSA) is 109 Å². The molecule has 212 valence electrons. The molecule has 0 amide bonds. The molecule has 1 aliphatic heterocycles. The number of pyridine rings is 1. The second-order valence-electron chi connectivity index (χ2n) is 10.7. The lowest BCUT2D eigenvalue weighted by Gasteiger charge is -2.39. The van der Waals surface area contributed by atoms with E-state index in [0.29, 0.717) is 64.7 Å². The molecule has 0 unspecified atom stereocenters. The fourth-order valence-corrected chi connectivity index (χ4v) is 6.13. The van der Waals surface area contributed by atoms with Gasteiger partial charge in [-0.15, -0.1) is 0 Å². The monoisotopic (exact) mass is 593 g/mol. The molecular formula is C31H29Cl2N3O5. The number of aryl methyl sites for hydroxylation is 1. The van der Waals surface area contributed by atoms with Gasteiger partial charge in [0.2, 0.25) is 0 Å². The number of carbonyl (C=O) groups is 1. The van der Waals surface area contributed by atoms with Gasteiger partial charge >= 0.3 is 5.97 Å². The number of piperidine rings is 1. The van der Waals surface area contributed by atoms with Crippen molar-refractivity contribution in [2.24, 2.45) is 0 Å². The van der Waals surface area contributed by atoms with Gasteiger partial charge in [0, 0.05) is 30.8 Å². The molecule has 10 heteroatoms. The lowest BCUT2D eigenvalue weighted by atomic mass is 9.82. The number of carboxylic acids is 1. The van der Waals surface area contributed by atoms with E-state index in [1.807, 2.05) is 30.0 Å². The lowest BCUT2D eigenvalue weighted by Crippen LogP contribution is -2.43. The number of hydrogen-bond acceptors (Lipinski definition) is 7. The van der Waals surface area contributed by atoms with E-state index in [2.05, 4.69) is 10.1 Å². The van der Waals surface area contributed by atoms with Gasteiger partial charge in [0.15, 0.2) is 0 Å². The van der Waals surface area contributed by atoms with Gasteiger partial charge in [0.1, 0.15) is 29.6 Å². The molecule has 1 aliphatic carbocycles. The fraction of sp³-hybridized carbons (Fsp3) is 0.323. The quantitative estimate of drug-likeness (QED) is 0.225. The number of rotatable bonds is 8. The molecule has 3 heterocycles. The molecular weight excluding hydrogens is 565 g/mol. The average Bonchev–Trinajstić information content (AvgIpc) is 3.72. The zero-order valence-corrected chi connectivity index (χ0v) is 24.0. The molecule has 2 aromatic carbocycles. The van der Waals surface area contributed by atoms with Crippen LogP contribution >= 0.6 is 23.2 Å². The summed E-state index contributed by atoms with van der Waals surface area (Å²) in [4.78, 5) is 17.7. The second kappa shape index (κ2) is 11.0. The Morgan fingerprint density at radius 3 is 2.51 bits per heavy atom. The number of aromatic carboxylic acids is 1. The molecule has 0 radical (unpaired) electrons. The highest BCUT2D eigenvalue weighted by Gasteiger charge is 2.36. The van der Waals surface area contributed by atoms with Crippen molar-refractivity contribution in [2.45, 2.75) is 50.7 Å². The van der Waals surface area contributed by atoms with Crippen LogP contribution in [0.2, 0.25) is 10.0 Å². The predicted molar refractivity (Wildman–Crippen MR) is 156 cm³/mol. The molecule has 0 spiro atoms. The van der Waals surface area contributed by atoms with Gasteiger partial charge in [0.25, 0.3) is 0 Å². The van der Waals surface area contributed by atoms with Crippen LogP contribution in [0.4, 0.5) is 5.82 Å². The SMILES string of the molecule is Cc1cc(OCc2c(-c3c(Cl)cccc3Cl)noc2C2CC2)ccc1C1(O)CCN(c2cc(C(=O)O)ccn2)CC1. The molecule has 41 heavy (non-hydrogen) atoms. The molecule has 0 bridgehead atoms. The molecule has 2 aliphatic rings. The number of carboxylic acid groups (broad SMARTS) is 1. The maximum Gasteiger partial charge on any atom is 0.335 e. The molecule has 4 aromatic rings. The van der Waals surface area contributed by atoms with Gasteiger partial charge in [-0.3, -0.25) is 0 Å². The highest BCUT2D eigenvalue weighted by atomic mass is 35.5. The van der Waals surface area contributed by atoms with Gasteiger partial charge in [-0.05, 0) is 80.1 Å². The molecule has 2 fully saturated rings. The van der Waals surface area contributed by atoms with Gasteiger partial charge < -0.3 is 24.4 Å². The molecule has 1 saturated carbocycles. The third-order valence-corrected chi connectivity index (χ3v) is 8.59. The van der Waals surface area contributed by atoms with Crippen LogP contribution in [0.3, 0.4) is 0 Å². The van der Waals surface area contributed by atoms with Crippen molar-refractivity contribution in [1.82, 2.24) is 10.1 Å². The van der Waals surface area contributed by atoms with Gasteiger partial charge in [-0.1, -0.05) is 40.5 Å². The molecule has 2 N–H and O–H groups in total. The summed E-state index contributed by atoms with van der Waals surface area (Å²) in [5.74, 6) is 1.41. The summed E-state index contributed by atoms with van der Waals surface area (Å²) >= 11 is 13.0. The van der Waals surface area contributed by atoms with Crippen molar-refractivity contribution < 1.29 is 24.3 Å². The zero-order chi connectivity index (χ0) is 28.7. The number of anilines is 1. The van der Waals surface area contributed by atoms with Crippen LogP contribution in [0.1, 0.15) is 64.4 Å². The summed E-state index contributed by atoms with van der Waals surface area (Å²) < 4.78 is 12.0. The molecule has 2 aromatic heterocycles. The highest BCUT2D eigenvalue weighted by Crippen LogP contribution is 2.46. The Morgan fingerprint density at radius 1 is 1.12 bits per heavy atom. The van der Waals surface area contributed by atoms with E-state index in [1.165, 1.54) is 12.3 Å². The molecule has 0 atom stereocenters. The molecule has 8 nitrogen and oxygen atoms in total.